The maximum Gasteiger partial charge on any atom is 0.342 e. The van der Waals surface area contributed by atoms with E-state index < -0.39 is 11.9 Å². The first-order valence-corrected chi connectivity index (χ1v) is 8.38. The Labute approximate surface area is 140 Å². The fourth-order valence-electron chi connectivity index (χ4n) is 3.86. The summed E-state index contributed by atoms with van der Waals surface area (Å²) in [5.74, 6) is -1.48. The van der Waals surface area contributed by atoms with Gasteiger partial charge in [0.05, 0.1) is 5.92 Å². The van der Waals surface area contributed by atoms with Crippen molar-refractivity contribution >= 4 is 11.9 Å². The molecule has 1 aromatic carbocycles. The summed E-state index contributed by atoms with van der Waals surface area (Å²) in [6.07, 6.45) is 5.32. The number of hydrogen-bond acceptors (Lipinski definition) is 4. The van der Waals surface area contributed by atoms with Crippen molar-refractivity contribution < 1.29 is 24.5 Å². The molecule has 24 heavy (non-hydrogen) atoms. The first kappa shape index (κ1) is 16.6. The number of carboxylic acid groups (broad SMARTS) is 1. The van der Waals surface area contributed by atoms with Crippen molar-refractivity contribution in [3.05, 3.63) is 39.5 Å². The number of allylic oxidation sites excluding steroid dienone is 2. The van der Waals surface area contributed by atoms with E-state index in [1.54, 1.807) is 0 Å². The number of esters is 1. The van der Waals surface area contributed by atoms with Crippen molar-refractivity contribution in [3.8, 4) is 5.75 Å². The molecule has 1 aromatic rings. The van der Waals surface area contributed by atoms with Crippen LogP contribution in [-0.4, -0.2) is 22.2 Å². The molecule has 1 aliphatic carbocycles. The molecule has 2 N–H and O–H groups in total. The standard InChI is InChI=1S/C19H22O5/c1-3-13-10(2)15-9-24-19(23)16(15)17(20)14(13)7-5-11-4-6-12(8-11)18(21)22/h5,12,20H,3-4,6-9H2,1-2H3,(H,21,22). The van der Waals surface area contributed by atoms with Crippen LogP contribution in [0.25, 0.3) is 0 Å². The largest absolute Gasteiger partial charge is 0.507 e. The van der Waals surface area contributed by atoms with E-state index in [1.165, 1.54) is 0 Å². The highest BCUT2D eigenvalue weighted by molar-refractivity contribution is 5.97. The minimum Gasteiger partial charge on any atom is -0.507 e. The molecule has 0 radical (unpaired) electrons. The van der Waals surface area contributed by atoms with Gasteiger partial charge in [-0.2, -0.15) is 0 Å². The number of cyclic esters (lactones) is 1. The molecule has 1 fully saturated rings. The number of aliphatic carboxylic acids is 1. The van der Waals surface area contributed by atoms with E-state index in [-0.39, 0.29) is 18.3 Å². The van der Waals surface area contributed by atoms with Crippen LogP contribution >= 0.6 is 0 Å². The van der Waals surface area contributed by atoms with Gasteiger partial charge in [0.2, 0.25) is 0 Å². The Balaban J connectivity index is 1.94. The molecule has 2 aliphatic rings. The Morgan fingerprint density at radius 1 is 1.38 bits per heavy atom. The van der Waals surface area contributed by atoms with E-state index in [1.807, 2.05) is 19.9 Å². The number of ether oxygens (including phenoxy) is 1. The van der Waals surface area contributed by atoms with Crippen LogP contribution in [0, 0.1) is 12.8 Å². The highest BCUT2D eigenvalue weighted by Gasteiger charge is 2.31. The monoisotopic (exact) mass is 330 g/mol. The Kier molecular flexibility index (Phi) is 4.35. The summed E-state index contributed by atoms with van der Waals surface area (Å²) in [7, 11) is 0. The van der Waals surface area contributed by atoms with Gasteiger partial charge in [0, 0.05) is 11.1 Å². The van der Waals surface area contributed by atoms with Crippen LogP contribution in [0.4, 0.5) is 0 Å². The topological polar surface area (TPSA) is 83.8 Å². The lowest BCUT2D eigenvalue weighted by molar-refractivity contribution is -0.141. The van der Waals surface area contributed by atoms with Gasteiger partial charge in [0.1, 0.15) is 17.9 Å². The number of benzene rings is 1. The summed E-state index contributed by atoms with van der Waals surface area (Å²) >= 11 is 0. The van der Waals surface area contributed by atoms with Gasteiger partial charge in [-0.15, -0.1) is 0 Å². The lowest BCUT2D eigenvalue weighted by Gasteiger charge is -2.16. The van der Waals surface area contributed by atoms with Crippen molar-refractivity contribution in [3.63, 3.8) is 0 Å². The SMILES string of the molecule is CCc1c(C)c2c(c(O)c1CC=C1CCC(C(=O)O)C1)C(=O)OC2. The van der Waals surface area contributed by atoms with Gasteiger partial charge in [-0.3, -0.25) is 4.79 Å². The summed E-state index contributed by atoms with van der Waals surface area (Å²) in [6, 6.07) is 0. The summed E-state index contributed by atoms with van der Waals surface area (Å²) < 4.78 is 5.08. The first-order chi connectivity index (χ1) is 11.4. The maximum absolute atomic E-state index is 11.9. The molecule has 0 amide bonds. The number of phenols is 1. The van der Waals surface area contributed by atoms with Crippen LogP contribution in [0.3, 0.4) is 0 Å². The molecule has 0 aromatic heterocycles. The predicted octanol–water partition coefficient (Wildman–Crippen LogP) is 3.29. The van der Waals surface area contributed by atoms with Crippen LogP contribution in [0.2, 0.25) is 0 Å². The van der Waals surface area contributed by atoms with Gasteiger partial charge in [-0.1, -0.05) is 18.6 Å². The zero-order chi connectivity index (χ0) is 17.4. The van der Waals surface area contributed by atoms with E-state index in [0.29, 0.717) is 24.8 Å². The Bertz CT molecular complexity index is 745. The van der Waals surface area contributed by atoms with E-state index in [0.717, 1.165) is 40.7 Å². The average molecular weight is 330 g/mol. The Morgan fingerprint density at radius 3 is 2.75 bits per heavy atom. The molecule has 1 atom stereocenters. The van der Waals surface area contributed by atoms with Gasteiger partial charge in [0.15, 0.2) is 0 Å². The average Bonchev–Trinajstić information content (AvgIpc) is 3.16. The summed E-state index contributed by atoms with van der Waals surface area (Å²) in [6.45, 7) is 4.21. The third-order valence-electron chi connectivity index (χ3n) is 5.27. The Hall–Kier alpha value is -2.30. The minimum atomic E-state index is -0.744. The van der Waals surface area contributed by atoms with E-state index in [9.17, 15) is 14.7 Å². The number of carbonyl (C=O) groups is 2. The summed E-state index contributed by atoms with van der Waals surface area (Å²) in [5, 5.41) is 19.7. The molecule has 5 heteroatoms. The zero-order valence-electron chi connectivity index (χ0n) is 14.0. The van der Waals surface area contributed by atoms with Crippen molar-refractivity contribution in [1.29, 1.82) is 0 Å². The molecule has 0 spiro atoms. The molecule has 128 valence electrons. The van der Waals surface area contributed by atoms with E-state index in [4.69, 9.17) is 9.84 Å². The van der Waals surface area contributed by atoms with Gasteiger partial charge in [-0.25, -0.2) is 4.79 Å². The smallest absolute Gasteiger partial charge is 0.342 e. The number of aromatic hydroxyl groups is 1. The molecule has 0 bridgehead atoms. The zero-order valence-corrected chi connectivity index (χ0v) is 14.0. The third kappa shape index (κ3) is 2.68. The van der Waals surface area contributed by atoms with Gasteiger partial charge in [0.25, 0.3) is 0 Å². The molecule has 1 saturated carbocycles. The normalized spacial score (nSPS) is 21.2. The molecule has 1 aliphatic heterocycles. The predicted molar refractivity (Wildman–Crippen MR) is 88.1 cm³/mol. The van der Waals surface area contributed by atoms with E-state index >= 15 is 0 Å². The number of rotatable bonds is 4. The molecule has 3 rings (SSSR count). The highest BCUT2D eigenvalue weighted by atomic mass is 16.5. The second kappa shape index (κ2) is 6.30. The number of carbonyl (C=O) groups excluding carboxylic acids is 1. The lowest BCUT2D eigenvalue weighted by Crippen LogP contribution is -2.08. The van der Waals surface area contributed by atoms with Crippen LogP contribution in [0.1, 0.15) is 58.8 Å². The number of phenolic OH excluding ortho intramolecular Hbond substituents is 1. The molecule has 1 heterocycles. The van der Waals surface area contributed by atoms with Crippen LogP contribution in [0.15, 0.2) is 11.6 Å². The van der Waals surface area contributed by atoms with E-state index in [2.05, 4.69) is 0 Å². The van der Waals surface area contributed by atoms with Crippen molar-refractivity contribution in [1.82, 2.24) is 0 Å². The quantitative estimate of drug-likeness (QED) is 0.654. The maximum atomic E-state index is 11.9. The number of fused-ring (bicyclic) bond motifs is 1. The van der Waals surface area contributed by atoms with Crippen molar-refractivity contribution in [2.24, 2.45) is 5.92 Å². The van der Waals surface area contributed by atoms with Crippen LogP contribution in [0.5, 0.6) is 5.75 Å². The lowest BCUT2D eigenvalue weighted by atomic mass is 9.89. The highest BCUT2D eigenvalue weighted by Crippen LogP contribution is 2.39. The molecule has 5 nitrogen and oxygen atoms in total. The van der Waals surface area contributed by atoms with Gasteiger partial charge in [-0.05, 0) is 50.2 Å². The first-order valence-electron chi connectivity index (χ1n) is 8.38. The second-order valence-electron chi connectivity index (χ2n) is 6.56. The fraction of sp³-hybridized carbons (Fsp3) is 0.474. The molecule has 1 unspecified atom stereocenters. The third-order valence-corrected chi connectivity index (χ3v) is 5.27. The summed E-state index contributed by atoms with van der Waals surface area (Å²) in [5.41, 5.74) is 5.03. The van der Waals surface area contributed by atoms with Gasteiger partial charge < -0.3 is 14.9 Å². The van der Waals surface area contributed by atoms with Crippen molar-refractivity contribution in [2.75, 3.05) is 0 Å². The number of hydrogen-bond donors (Lipinski definition) is 2. The van der Waals surface area contributed by atoms with Gasteiger partial charge >= 0.3 is 11.9 Å². The van der Waals surface area contributed by atoms with Crippen LogP contribution in [-0.2, 0) is 29.0 Å². The molecular formula is C19H22O5. The second-order valence-corrected chi connectivity index (χ2v) is 6.56. The Morgan fingerprint density at radius 2 is 2.12 bits per heavy atom. The fourth-order valence-corrected chi connectivity index (χ4v) is 3.86. The van der Waals surface area contributed by atoms with Crippen molar-refractivity contribution in [2.45, 2.75) is 52.6 Å². The summed E-state index contributed by atoms with van der Waals surface area (Å²) in [4.78, 5) is 23.0. The molecule has 0 saturated heterocycles. The minimum absolute atomic E-state index is 0.0274. The number of carboxylic acids is 1. The molecular weight excluding hydrogens is 308 g/mol. The van der Waals surface area contributed by atoms with Crippen LogP contribution < -0.4 is 0 Å².